The number of aromatic hydroxyl groups is 1. The Hall–Kier alpha value is -4.90. The van der Waals surface area contributed by atoms with Gasteiger partial charge in [-0.2, -0.15) is 0 Å². The largest absolute Gasteiger partial charge is 0.507 e. The molecule has 220 valence electrons. The van der Waals surface area contributed by atoms with E-state index in [1.165, 1.54) is 35.2 Å². The van der Waals surface area contributed by atoms with E-state index in [1.807, 2.05) is 30.3 Å². The third kappa shape index (κ3) is 5.39. The molecule has 2 aliphatic rings. The number of nitrogens with one attached hydrogen (secondary N) is 3. The number of benzene rings is 3. The fraction of sp³-hybridized carbons (Fsp3) is 0.226. The lowest BCUT2D eigenvalue weighted by Gasteiger charge is -2.45. The summed E-state index contributed by atoms with van der Waals surface area (Å²) in [6.45, 7) is 0.156. The second kappa shape index (κ2) is 11.1. The van der Waals surface area contributed by atoms with Gasteiger partial charge in [-0.15, -0.1) is 0 Å². The normalized spacial score (nSPS) is 18.5. The molecule has 0 radical (unpaired) electrons. The average molecular weight is 605 g/mol. The maximum absolute atomic E-state index is 15.4. The Labute approximate surface area is 249 Å². The third-order valence-corrected chi connectivity index (χ3v) is 8.10. The number of fused-ring (bicyclic) bond motifs is 3. The summed E-state index contributed by atoms with van der Waals surface area (Å²) >= 11 is 6.09. The Bertz CT molecular complexity index is 1830. The Morgan fingerprint density at radius 3 is 2.70 bits per heavy atom. The SMILES string of the molecule is O=C1Nc2ccc(Cl)c(F)c2[C@@]2(CCCN(C(=O)[C@H](Cc3ccccc3)NC(=O)c3ccc4[nH]c(=O)cc(O)c4c3)C2)O1. The number of likely N-dealkylation sites (tertiary alicyclic amines) is 1. The van der Waals surface area contributed by atoms with Crippen molar-refractivity contribution in [3.8, 4) is 5.75 Å². The van der Waals surface area contributed by atoms with Crippen LogP contribution in [0.3, 0.4) is 0 Å². The molecule has 4 N–H and O–H groups in total. The number of nitrogens with zero attached hydrogens (tertiary/aromatic N) is 1. The molecule has 3 heterocycles. The molecular weight excluding hydrogens is 579 g/mol. The van der Waals surface area contributed by atoms with Crippen molar-refractivity contribution in [3.63, 3.8) is 0 Å². The van der Waals surface area contributed by atoms with Crippen molar-refractivity contribution in [2.24, 2.45) is 0 Å². The lowest BCUT2D eigenvalue weighted by Crippen LogP contribution is -2.57. The Kier molecular flexibility index (Phi) is 7.26. The molecule has 0 unspecified atom stereocenters. The zero-order valence-corrected chi connectivity index (χ0v) is 23.4. The highest BCUT2D eigenvalue weighted by Crippen LogP contribution is 2.45. The summed E-state index contributed by atoms with van der Waals surface area (Å²) in [7, 11) is 0. The van der Waals surface area contributed by atoms with E-state index in [9.17, 15) is 24.3 Å². The highest BCUT2D eigenvalue weighted by atomic mass is 35.5. The average Bonchev–Trinajstić information content (AvgIpc) is 2.98. The molecule has 2 aliphatic heterocycles. The first-order chi connectivity index (χ1) is 20.6. The molecule has 1 aromatic heterocycles. The molecule has 1 fully saturated rings. The van der Waals surface area contributed by atoms with Crippen LogP contribution < -0.4 is 16.2 Å². The van der Waals surface area contributed by atoms with Crippen molar-refractivity contribution in [2.75, 3.05) is 18.4 Å². The van der Waals surface area contributed by atoms with Gasteiger partial charge in [0.05, 0.1) is 28.3 Å². The van der Waals surface area contributed by atoms with Gasteiger partial charge in [0.2, 0.25) is 5.91 Å². The lowest BCUT2D eigenvalue weighted by molar-refractivity contribution is -0.141. The van der Waals surface area contributed by atoms with Crippen LogP contribution in [-0.2, 0) is 21.6 Å². The van der Waals surface area contributed by atoms with E-state index in [1.54, 1.807) is 0 Å². The van der Waals surface area contributed by atoms with Crippen LogP contribution in [0, 0.1) is 5.82 Å². The van der Waals surface area contributed by atoms with E-state index in [0.717, 1.165) is 11.6 Å². The second-order valence-corrected chi connectivity index (χ2v) is 11.1. The van der Waals surface area contributed by atoms with E-state index in [2.05, 4.69) is 15.6 Å². The standard InChI is InChI=1S/C31H26ClFN4O6/c32-20-8-10-22-26(27(20)33)31(43-30(42)36-22)11-4-12-37(16-31)29(41)23(13-17-5-2-1-3-6-17)35-28(40)18-7-9-21-19(14-18)24(38)15-25(39)34-21/h1-3,5-10,14-15,23H,4,11-13,16H2,(H,35,40)(H,36,42)(H2,34,38,39)/t23-,31-/m0/s1. The Morgan fingerprint density at radius 1 is 1.12 bits per heavy atom. The van der Waals surface area contributed by atoms with Crippen LogP contribution in [0.25, 0.3) is 10.9 Å². The molecule has 12 heteroatoms. The number of carbonyl (C=O) groups is 3. The van der Waals surface area contributed by atoms with Crippen molar-refractivity contribution in [1.82, 2.24) is 15.2 Å². The third-order valence-electron chi connectivity index (χ3n) is 7.81. The number of ether oxygens (including phenoxy) is 1. The lowest BCUT2D eigenvalue weighted by atomic mass is 9.82. The maximum atomic E-state index is 15.4. The number of pyridine rings is 1. The molecule has 0 bridgehead atoms. The number of aromatic nitrogens is 1. The van der Waals surface area contributed by atoms with Crippen molar-refractivity contribution >= 4 is 46.1 Å². The first-order valence-corrected chi connectivity index (χ1v) is 14.0. The summed E-state index contributed by atoms with van der Waals surface area (Å²) in [5.41, 5.74) is -0.348. The van der Waals surface area contributed by atoms with Crippen LogP contribution in [0.2, 0.25) is 5.02 Å². The summed E-state index contributed by atoms with van der Waals surface area (Å²) in [5.74, 6) is -2.04. The van der Waals surface area contributed by atoms with Crippen molar-refractivity contribution in [3.05, 3.63) is 105 Å². The molecule has 3 aromatic carbocycles. The number of carbonyl (C=O) groups excluding carboxylic acids is 3. The number of anilines is 1. The molecule has 6 rings (SSSR count). The topological polar surface area (TPSA) is 141 Å². The van der Waals surface area contributed by atoms with Crippen LogP contribution in [0.1, 0.15) is 34.3 Å². The van der Waals surface area contributed by atoms with Crippen LogP contribution in [0.4, 0.5) is 14.9 Å². The number of amides is 3. The molecule has 0 aliphatic carbocycles. The highest BCUT2D eigenvalue weighted by molar-refractivity contribution is 6.31. The van der Waals surface area contributed by atoms with Gasteiger partial charge in [0.15, 0.2) is 11.4 Å². The van der Waals surface area contributed by atoms with E-state index in [-0.39, 0.29) is 52.4 Å². The summed E-state index contributed by atoms with van der Waals surface area (Å²) in [4.78, 5) is 55.8. The first kappa shape index (κ1) is 28.2. The predicted octanol–water partition coefficient (Wildman–Crippen LogP) is 4.45. The predicted molar refractivity (Wildman–Crippen MR) is 157 cm³/mol. The molecule has 3 amide bonds. The number of hydrogen-bond acceptors (Lipinski definition) is 6. The minimum atomic E-state index is -1.46. The van der Waals surface area contributed by atoms with Crippen LogP contribution in [0.15, 0.2) is 71.5 Å². The van der Waals surface area contributed by atoms with Gasteiger partial charge in [-0.25, -0.2) is 9.18 Å². The van der Waals surface area contributed by atoms with E-state index < -0.39 is 40.9 Å². The Morgan fingerprint density at radius 2 is 1.91 bits per heavy atom. The molecule has 2 atom stereocenters. The highest BCUT2D eigenvalue weighted by Gasteiger charge is 2.49. The van der Waals surface area contributed by atoms with Gasteiger partial charge in [0.25, 0.3) is 11.5 Å². The van der Waals surface area contributed by atoms with Crippen LogP contribution >= 0.6 is 11.6 Å². The number of hydrogen-bond donors (Lipinski definition) is 4. The van der Waals surface area contributed by atoms with Gasteiger partial charge in [-0.1, -0.05) is 41.9 Å². The minimum absolute atomic E-state index is 0.0785. The van der Waals surface area contributed by atoms with Gasteiger partial charge in [0.1, 0.15) is 11.8 Å². The zero-order chi connectivity index (χ0) is 30.3. The molecule has 10 nitrogen and oxygen atoms in total. The number of halogens is 2. The van der Waals surface area contributed by atoms with Crippen molar-refractivity contribution < 1.29 is 28.6 Å². The fourth-order valence-electron chi connectivity index (χ4n) is 5.85. The quantitative estimate of drug-likeness (QED) is 0.265. The smallest absolute Gasteiger partial charge is 0.412 e. The van der Waals surface area contributed by atoms with E-state index >= 15 is 4.39 Å². The van der Waals surface area contributed by atoms with Gasteiger partial charge in [0, 0.05) is 30.0 Å². The van der Waals surface area contributed by atoms with Gasteiger partial charge in [-0.3, -0.25) is 19.7 Å². The van der Waals surface area contributed by atoms with Crippen LogP contribution in [0.5, 0.6) is 5.75 Å². The monoisotopic (exact) mass is 604 g/mol. The fourth-order valence-corrected chi connectivity index (χ4v) is 6.01. The van der Waals surface area contributed by atoms with Gasteiger partial charge >= 0.3 is 6.09 Å². The molecule has 1 saturated heterocycles. The number of aromatic amines is 1. The molecular formula is C31H26ClFN4O6. The van der Waals surface area contributed by atoms with E-state index in [4.69, 9.17) is 16.3 Å². The maximum Gasteiger partial charge on any atom is 0.412 e. The number of piperidine rings is 1. The summed E-state index contributed by atoms with van der Waals surface area (Å²) in [6, 6.07) is 16.4. The van der Waals surface area contributed by atoms with Crippen molar-refractivity contribution in [1.29, 1.82) is 0 Å². The van der Waals surface area contributed by atoms with Crippen molar-refractivity contribution in [2.45, 2.75) is 30.9 Å². The molecule has 43 heavy (non-hydrogen) atoms. The minimum Gasteiger partial charge on any atom is -0.507 e. The van der Waals surface area contributed by atoms with E-state index in [0.29, 0.717) is 18.5 Å². The second-order valence-electron chi connectivity index (χ2n) is 10.7. The summed E-state index contributed by atoms with van der Waals surface area (Å²) < 4.78 is 21.1. The summed E-state index contributed by atoms with van der Waals surface area (Å²) in [5, 5.41) is 15.7. The van der Waals surface area contributed by atoms with Gasteiger partial charge in [-0.05, 0) is 48.7 Å². The summed E-state index contributed by atoms with van der Waals surface area (Å²) in [6.07, 6.45) is 0.0588. The molecule has 1 spiro atoms. The van der Waals surface area contributed by atoms with Gasteiger partial charge < -0.3 is 25.0 Å². The van der Waals surface area contributed by atoms with Crippen LogP contribution in [-0.4, -0.2) is 52.0 Å². The number of rotatable bonds is 5. The first-order valence-electron chi connectivity index (χ1n) is 13.6. The zero-order valence-electron chi connectivity index (χ0n) is 22.7. The molecule has 4 aromatic rings. The Balaban J connectivity index is 1.31. The number of H-pyrrole nitrogens is 1. The molecule has 0 saturated carbocycles.